The predicted octanol–water partition coefficient (Wildman–Crippen LogP) is 4.32. The molecule has 19 heavy (non-hydrogen) atoms. The Morgan fingerprint density at radius 1 is 1.21 bits per heavy atom. The number of hydrazine groups is 1. The van der Waals surface area contributed by atoms with Crippen molar-refractivity contribution in [1.29, 1.82) is 0 Å². The summed E-state index contributed by atoms with van der Waals surface area (Å²) < 4.78 is 26.3. The van der Waals surface area contributed by atoms with E-state index in [1.807, 2.05) is 6.07 Å². The van der Waals surface area contributed by atoms with E-state index in [9.17, 15) is 8.78 Å². The van der Waals surface area contributed by atoms with Gasteiger partial charge in [-0.25, -0.2) is 8.78 Å². The van der Waals surface area contributed by atoms with Gasteiger partial charge in [-0.3, -0.25) is 11.3 Å². The molecule has 0 aliphatic heterocycles. The molecule has 0 heterocycles. The molecule has 2 nitrogen and oxygen atoms in total. The summed E-state index contributed by atoms with van der Waals surface area (Å²) in [5.41, 5.74) is 3.60. The topological polar surface area (TPSA) is 38.0 Å². The zero-order valence-corrected chi connectivity index (χ0v) is 11.8. The van der Waals surface area contributed by atoms with Gasteiger partial charge in [0.1, 0.15) is 0 Å². The van der Waals surface area contributed by atoms with Crippen molar-refractivity contribution in [2.24, 2.45) is 11.8 Å². The highest BCUT2D eigenvalue weighted by Gasteiger charge is 2.37. The Morgan fingerprint density at radius 3 is 2.37 bits per heavy atom. The van der Waals surface area contributed by atoms with Crippen molar-refractivity contribution in [3.8, 4) is 0 Å². The van der Waals surface area contributed by atoms with Crippen LogP contribution in [0.2, 0.25) is 10.0 Å². The van der Waals surface area contributed by atoms with Crippen molar-refractivity contribution in [3.05, 3.63) is 33.8 Å². The van der Waals surface area contributed by atoms with Crippen molar-refractivity contribution in [1.82, 2.24) is 5.43 Å². The van der Waals surface area contributed by atoms with E-state index < -0.39 is 5.92 Å². The van der Waals surface area contributed by atoms with Crippen molar-refractivity contribution in [2.45, 2.75) is 37.6 Å². The Kier molecular flexibility index (Phi) is 4.66. The monoisotopic (exact) mass is 308 g/mol. The lowest BCUT2D eigenvalue weighted by Crippen LogP contribution is -2.37. The second-order valence-electron chi connectivity index (χ2n) is 5.01. The van der Waals surface area contributed by atoms with E-state index in [2.05, 4.69) is 5.43 Å². The minimum absolute atomic E-state index is 0.0851. The first kappa shape index (κ1) is 15.0. The van der Waals surface area contributed by atoms with Crippen LogP contribution in [0.4, 0.5) is 8.78 Å². The summed E-state index contributed by atoms with van der Waals surface area (Å²) in [6.07, 6.45) is 0.721. The summed E-state index contributed by atoms with van der Waals surface area (Å²) in [6, 6.07) is 5.08. The molecular weight excluding hydrogens is 293 g/mol. The molecule has 3 N–H and O–H groups in total. The molecule has 1 aliphatic carbocycles. The molecule has 0 amide bonds. The summed E-state index contributed by atoms with van der Waals surface area (Å²) in [7, 11) is 0. The molecule has 0 radical (unpaired) electrons. The van der Waals surface area contributed by atoms with E-state index in [0.29, 0.717) is 22.9 Å². The van der Waals surface area contributed by atoms with Crippen LogP contribution in [0.15, 0.2) is 18.2 Å². The predicted molar refractivity (Wildman–Crippen MR) is 73.4 cm³/mol. The number of halogens is 4. The fourth-order valence-electron chi connectivity index (χ4n) is 2.61. The summed E-state index contributed by atoms with van der Waals surface area (Å²) in [5, 5.41) is 0.914. The van der Waals surface area contributed by atoms with Crippen LogP contribution in [0.1, 0.15) is 37.3 Å². The van der Waals surface area contributed by atoms with Crippen LogP contribution in [0.3, 0.4) is 0 Å². The number of alkyl halides is 2. The maximum absolute atomic E-state index is 13.2. The van der Waals surface area contributed by atoms with E-state index in [-0.39, 0.29) is 24.8 Å². The lowest BCUT2D eigenvalue weighted by atomic mass is 9.80. The first-order valence-corrected chi connectivity index (χ1v) is 6.97. The lowest BCUT2D eigenvalue weighted by Gasteiger charge is -2.33. The highest BCUT2D eigenvalue weighted by atomic mass is 35.5. The second-order valence-corrected chi connectivity index (χ2v) is 5.83. The maximum atomic E-state index is 13.2. The van der Waals surface area contributed by atoms with Crippen LogP contribution in [-0.2, 0) is 0 Å². The summed E-state index contributed by atoms with van der Waals surface area (Å²) >= 11 is 11.8. The molecule has 0 spiro atoms. The fraction of sp³-hybridized carbons (Fsp3) is 0.538. The summed E-state index contributed by atoms with van der Waals surface area (Å²) in [4.78, 5) is 0. The van der Waals surface area contributed by atoms with Crippen molar-refractivity contribution in [3.63, 3.8) is 0 Å². The van der Waals surface area contributed by atoms with Gasteiger partial charge in [0.2, 0.25) is 5.92 Å². The third-order valence-electron chi connectivity index (χ3n) is 3.72. The number of nitrogens with one attached hydrogen (secondary N) is 1. The maximum Gasteiger partial charge on any atom is 0.248 e. The number of hydrogen-bond acceptors (Lipinski definition) is 2. The van der Waals surface area contributed by atoms with Gasteiger partial charge in [0.05, 0.1) is 10.0 Å². The molecule has 2 rings (SSSR count). The van der Waals surface area contributed by atoms with Gasteiger partial charge in [0.25, 0.3) is 0 Å². The first-order chi connectivity index (χ1) is 8.93. The SMILES string of the molecule is NNC(c1ccc(Cl)c(Cl)c1)C1CCC(F)(F)CC1. The normalized spacial score (nSPS) is 21.3. The third-order valence-corrected chi connectivity index (χ3v) is 4.45. The van der Waals surface area contributed by atoms with E-state index in [0.717, 1.165) is 5.56 Å². The Morgan fingerprint density at radius 2 is 1.84 bits per heavy atom. The second kappa shape index (κ2) is 5.92. The summed E-state index contributed by atoms with van der Waals surface area (Å²) in [6.45, 7) is 0. The molecule has 0 bridgehead atoms. The highest BCUT2D eigenvalue weighted by molar-refractivity contribution is 6.42. The molecule has 1 atom stereocenters. The Bertz CT molecular complexity index is 444. The van der Waals surface area contributed by atoms with Crippen molar-refractivity contribution >= 4 is 23.2 Å². The molecule has 6 heteroatoms. The number of nitrogens with two attached hydrogens (primary N) is 1. The fourth-order valence-corrected chi connectivity index (χ4v) is 2.91. The van der Waals surface area contributed by atoms with E-state index in [1.54, 1.807) is 12.1 Å². The Balaban J connectivity index is 2.14. The van der Waals surface area contributed by atoms with E-state index in [4.69, 9.17) is 29.0 Å². The van der Waals surface area contributed by atoms with Crippen LogP contribution in [0.5, 0.6) is 0 Å². The minimum atomic E-state index is -2.53. The van der Waals surface area contributed by atoms with Gasteiger partial charge in [-0.15, -0.1) is 0 Å². The van der Waals surface area contributed by atoms with Gasteiger partial charge in [0.15, 0.2) is 0 Å². The van der Waals surface area contributed by atoms with Crippen molar-refractivity contribution in [2.75, 3.05) is 0 Å². The zero-order chi connectivity index (χ0) is 14.0. The average molecular weight is 309 g/mol. The van der Waals surface area contributed by atoms with Gasteiger partial charge in [0, 0.05) is 18.9 Å². The molecule has 0 saturated heterocycles. The standard InChI is InChI=1S/C13H16Cl2F2N2/c14-10-2-1-9(7-11(10)15)12(19-18)8-3-5-13(16,17)6-4-8/h1-2,7-8,12,19H,3-6,18H2. The molecule has 1 aromatic rings. The quantitative estimate of drug-likeness (QED) is 0.644. The van der Waals surface area contributed by atoms with Gasteiger partial charge < -0.3 is 0 Å². The minimum Gasteiger partial charge on any atom is -0.271 e. The lowest BCUT2D eigenvalue weighted by molar-refractivity contribution is -0.0497. The van der Waals surface area contributed by atoms with Crippen LogP contribution in [0.25, 0.3) is 0 Å². The number of rotatable bonds is 3. The first-order valence-electron chi connectivity index (χ1n) is 6.22. The van der Waals surface area contributed by atoms with Gasteiger partial charge in [-0.1, -0.05) is 29.3 Å². The molecule has 106 valence electrons. The van der Waals surface area contributed by atoms with E-state index >= 15 is 0 Å². The smallest absolute Gasteiger partial charge is 0.248 e. The molecule has 1 aromatic carbocycles. The molecule has 1 unspecified atom stereocenters. The van der Waals surface area contributed by atoms with E-state index in [1.165, 1.54) is 0 Å². The number of benzene rings is 1. The van der Waals surface area contributed by atoms with Crippen LogP contribution >= 0.6 is 23.2 Å². The van der Waals surface area contributed by atoms with Crippen LogP contribution < -0.4 is 11.3 Å². The molecule has 1 aliphatic rings. The largest absolute Gasteiger partial charge is 0.271 e. The molecule has 1 saturated carbocycles. The van der Waals surface area contributed by atoms with Gasteiger partial charge in [-0.2, -0.15) is 0 Å². The number of hydrogen-bond donors (Lipinski definition) is 2. The molecule has 0 aromatic heterocycles. The Labute approximate surface area is 121 Å². The summed E-state index contributed by atoms with van der Waals surface area (Å²) in [5.74, 6) is 3.13. The molecular formula is C13H16Cl2F2N2. The van der Waals surface area contributed by atoms with Gasteiger partial charge in [-0.05, 0) is 36.5 Å². The van der Waals surface area contributed by atoms with Crippen molar-refractivity contribution < 1.29 is 8.78 Å². The van der Waals surface area contributed by atoms with Crippen LogP contribution in [0, 0.1) is 5.92 Å². The van der Waals surface area contributed by atoms with Crippen LogP contribution in [-0.4, -0.2) is 5.92 Å². The average Bonchev–Trinajstić information content (AvgIpc) is 2.36. The molecule has 1 fully saturated rings. The van der Waals surface area contributed by atoms with Gasteiger partial charge >= 0.3 is 0 Å². The highest BCUT2D eigenvalue weighted by Crippen LogP contribution is 2.41. The zero-order valence-electron chi connectivity index (χ0n) is 10.3. The Hall–Kier alpha value is -0.420. The third kappa shape index (κ3) is 3.57.